The molecule has 1 aliphatic rings. The van der Waals surface area contributed by atoms with Crippen LogP contribution in [-0.4, -0.2) is 10.2 Å². The molecule has 2 aromatic carbocycles. The lowest BCUT2D eigenvalue weighted by Crippen LogP contribution is -2.17. The zero-order valence-electron chi connectivity index (χ0n) is 11.3. The second-order valence-corrected chi connectivity index (χ2v) is 5.46. The van der Waals surface area contributed by atoms with Crippen molar-refractivity contribution in [3.63, 3.8) is 0 Å². The van der Waals surface area contributed by atoms with Crippen molar-refractivity contribution in [3.8, 4) is 0 Å². The van der Waals surface area contributed by atoms with Gasteiger partial charge in [0.15, 0.2) is 0 Å². The third-order valence-corrected chi connectivity index (χ3v) is 4.15. The number of aromatic amines is 1. The third-order valence-electron chi connectivity index (χ3n) is 4.15. The van der Waals surface area contributed by atoms with E-state index < -0.39 is 0 Å². The molecule has 1 aromatic heterocycles. The minimum absolute atomic E-state index is 0.421. The fraction of sp³-hybridized carbons (Fsp3) is 0.235. The number of aromatic nitrogens is 2. The molecule has 1 atom stereocenters. The van der Waals surface area contributed by atoms with Gasteiger partial charge in [0.05, 0.1) is 17.8 Å². The second kappa shape index (κ2) is 4.67. The normalized spacial score (nSPS) is 17.9. The van der Waals surface area contributed by atoms with Gasteiger partial charge in [0.2, 0.25) is 0 Å². The Balaban J connectivity index is 1.66. The Labute approximate surface area is 118 Å². The summed E-state index contributed by atoms with van der Waals surface area (Å²) in [4.78, 5) is 0. The molecule has 0 spiro atoms. The number of nitrogens with zero attached hydrogens (tertiary/aromatic N) is 1. The Hall–Kier alpha value is -2.29. The molecule has 0 saturated carbocycles. The molecule has 0 fully saturated rings. The van der Waals surface area contributed by atoms with Crippen LogP contribution in [0, 0.1) is 0 Å². The second-order valence-electron chi connectivity index (χ2n) is 5.46. The van der Waals surface area contributed by atoms with E-state index in [9.17, 15) is 0 Å². The van der Waals surface area contributed by atoms with E-state index in [0.29, 0.717) is 6.04 Å². The van der Waals surface area contributed by atoms with Crippen LogP contribution in [0.1, 0.15) is 30.0 Å². The van der Waals surface area contributed by atoms with Crippen LogP contribution in [0.2, 0.25) is 0 Å². The lowest BCUT2D eigenvalue weighted by Gasteiger charge is -2.27. The predicted octanol–water partition coefficient (Wildman–Crippen LogP) is 4.05. The van der Waals surface area contributed by atoms with Crippen molar-refractivity contribution in [1.82, 2.24) is 10.2 Å². The molecule has 4 rings (SSSR count). The molecule has 1 aliphatic carbocycles. The monoisotopic (exact) mass is 263 g/mol. The van der Waals surface area contributed by atoms with Gasteiger partial charge < -0.3 is 5.32 Å². The highest BCUT2D eigenvalue weighted by Crippen LogP contribution is 2.32. The Bertz CT molecular complexity index is 745. The van der Waals surface area contributed by atoms with Crippen LogP contribution < -0.4 is 5.32 Å². The molecule has 2 N–H and O–H groups in total. The summed E-state index contributed by atoms with van der Waals surface area (Å²) < 4.78 is 0. The number of rotatable bonds is 2. The summed E-state index contributed by atoms with van der Waals surface area (Å²) in [7, 11) is 0. The van der Waals surface area contributed by atoms with Crippen LogP contribution in [0.25, 0.3) is 10.9 Å². The number of anilines is 1. The van der Waals surface area contributed by atoms with Crippen LogP contribution in [0.4, 0.5) is 5.69 Å². The summed E-state index contributed by atoms with van der Waals surface area (Å²) in [6.45, 7) is 0. The quantitative estimate of drug-likeness (QED) is 0.732. The molecular weight excluding hydrogens is 246 g/mol. The van der Waals surface area contributed by atoms with Gasteiger partial charge >= 0.3 is 0 Å². The number of benzene rings is 2. The van der Waals surface area contributed by atoms with E-state index in [-0.39, 0.29) is 0 Å². The summed E-state index contributed by atoms with van der Waals surface area (Å²) in [5.41, 5.74) is 5.19. The van der Waals surface area contributed by atoms with Gasteiger partial charge in [-0.25, -0.2) is 0 Å². The van der Waals surface area contributed by atoms with Crippen LogP contribution in [0.5, 0.6) is 0 Å². The van der Waals surface area contributed by atoms with Gasteiger partial charge in [-0.05, 0) is 48.6 Å². The van der Waals surface area contributed by atoms with Crippen molar-refractivity contribution < 1.29 is 0 Å². The third kappa shape index (κ3) is 1.95. The summed E-state index contributed by atoms with van der Waals surface area (Å²) in [6, 6.07) is 15.6. The Morgan fingerprint density at radius 2 is 2.10 bits per heavy atom. The van der Waals surface area contributed by atoms with Gasteiger partial charge in [0, 0.05) is 11.1 Å². The number of hydrogen-bond donors (Lipinski definition) is 2. The standard InChI is InChI=1S/C17H17N3/c1-2-6-15-12(4-1)5-3-7-17(15)19-14-8-9-16-13(10-14)11-18-20-16/h1-2,4,6,8-11,17,19H,3,5,7H2,(H,18,20). The number of nitrogens with one attached hydrogen (secondary N) is 2. The van der Waals surface area contributed by atoms with Gasteiger partial charge in [-0.3, -0.25) is 5.10 Å². The van der Waals surface area contributed by atoms with Crippen molar-refractivity contribution in [1.29, 1.82) is 0 Å². The van der Waals surface area contributed by atoms with E-state index in [1.807, 2.05) is 6.20 Å². The van der Waals surface area contributed by atoms with Crippen LogP contribution in [-0.2, 0) is 6.42 Å². The fourth-order valence-corrected chi connectivity index (χ4v) is 3.14. The maximum Gasteiger partial charge on any atom is 0.0651 e. The summed E-state index contributed by atoms with van der Waals surface area (Å²) in [6.07, 6.45) is 5.52. The van der Waals surface area contributed by atoms with E-state index in [2.05, 4.69) is 58.0 Å². The highest BCUT2D eigenvalue weighted by molar-refractivity contribution is 5.81. The maximum absolute atomic E-state index is 4.07. The van der Waals surface area contributed by atoms with Crippen molar-refractivity contribution >= 4 is 16.6 Å². The molecule has 1 heterocycles. The summed E-state index contributed by atoms with van der Waals surface area (Å²) in [5, 5.41) is 11.9. The molecule has 0 aliphatic heterocycles. The average molecular weight is 263 g/mol. The van der Waals surface area contributed by atoms with E-state index in [4.69, 9.17) is 0 Å². The van der Waals surface area contributed by atoms with Crippen molar-refractivity contribution in [2.24, 2.45) is 0 Å². The van der Waals surface area contributed by atoms with E-state index in [1.54, 1.807) is 0 Å². The van der Waals surface area contributed by atoms with E-state index in [0.717, 1.165) is 10.9 Å². The maximum atomic E-state index is 4.07. The van der Waals surface area contributed by atoms with E-state index >= 15 is 0 Å². The SMILES string of the molecule is c1ccc2c(c1)CCCC2Nc1ccc2[nH]ncc2c1. The first-order valence-electron chi connectivity index (χ1n) is 7.18. The molecule has 0 saturated heterocycles. The average Bonchev–Trinajstić information content (AvgIpc) is 2.95. The van der Waals surface area contributed by atoms with Gasteiger partial charge in [-0.1, -0.05) is 24.3 Å². The first kappa shape index (κ1) is 11.5. The zero-order valence-corrected chi connectivity index (χ0v) is 11.3. The smallest absolute Gasteiger partial charge is 0.0651 e. The van der Waals surface area contributed by atoms with Crippen molar-refractivity contribution in [2.75, 3.05) is 5.32 Å². The molecular formula is C17H17N3. The highest BCUT2D eigenvalue weighted by atomic mass is 15.1. The van der Waals surface area contributed by atoms with Gasteiger partial charge in [-0.15, -0.1) is 0 Å². The first-order chi connectivity index (χ1) is 9.90. The fourth-order valence-electron chi connectivity index (χ4n) is 3.14. The van der Waals surface area contributed by atoms with Crippen molar-refractivity contribution in [2.45, 2.75) is 25.3 Å². The minimum Gasteiger partial charge on any atom is -0.378 e. The summed E-state index contributed by atoms with van der Waals surface area (Å²) >= 11 is 0. The lowest BCUT2D eigenvalue weighted by atomic mass is 9.87. The Kier molecular flexibility index (Phi) is 2.69. The molecule has 20 heavy (non-hydrogen) atoms. The minimum atomic E-state index is 0.421. The molecule has 0 amide bonds. The van der Waals surface area contributed by atoms with E-state index in [1.165, 1.54) is 36.1 Å². The molecule has 3 aromatic rings. The Morgan fingerprint density at radius 3 is 3.10 bits per heavy atom. The predicted molar refractivity (Wildman–Crippen MR) is 81.8 cm³/mol. The van der Waals surface area contributed by atoms with Crippen molar-refractivity contribution in [3.05, 3.63) is 59.8 Å². The zero-order chi connectivity index (χ0) is 13.4. The number of fused-ring (bicyclic) bond motifs is 2. The molecule has 100 valence electrons. The topological polar surface area (TPSA) is 40.7 Å². The number of H-pyrrole nitrogens is 1. The molecule has 3 nitrogen and oxygen atoms in total. The highest BCUT2D eigenvalue weighted by Gasteiger charge is 2.19. The lowest BCUT2D eigenvalue weighted by molar-refractivity contribution is 0.600. The number of aryl methyl sites for hydroxylation is 1. The Morgan fingerprint density at radius 1 is 1.15 bits per heavy atom. The molecule has 1 unspecified atom stereocenters. The largest absolute Gasteiger partial charge is 0.378 e. The van der Waals surface area contributed by atoms with Crippen LogP contribution in [0.15, 0.2) is 48.7 Å². The molecule has 3 heteroatoms. The molecule has 0 radical (unpaired) electrons. The van der Waals surface area contributed by atoms with Gasteiger partial charge in [-0.2, -0.15) is 5.10 Å². The number of hydrogen-bond acceptors (Lipinski definition) is 2. The van der Waals surface area contributed by atoms with Crippen LogP contribution >= 0.6 is 0 Å². The van der Waals surface area contributed by atoms with Crippen LogP contribution in [0.3, 0.4) is 0 Å². The first-order valence-corrected chi connectivity index (χ1v) is 7.18. The summed E-state index contributed by atoms with van der Waals surface area (Å²) in [5.74, 6) is 0. The van der Waals surface area contributed by atoms with Gasteiger partial charge in [0.25, 0.3) is 0 Å². The molecule has 0 bridgehead atoms. The van der Waals surface area contributed by atoms with Gasteiger partial charge in [0.1, 0.15) is 0 Å².